The van der Waals surface area contributed by atoms with Gasteiger partial charge in [0.15, 0.2) is 0 Å². The Morgan fingerprint density at radius 1 is 1.06 bits per heavy atom. The second-order valence-corrected chi connectivity index (χ2v) is 4.68. The standard InChI is InChI=1S/C14H22N2/c1-3-12-4-6-13(7-5-12)10-14-11(2)15-8-9-16-14/h4-7,11,14-16H,3,8-10H2,1-2H3. The number of hydrogen-bond acceptors (Lipinski definition) is 2. The largest absolute Gasteiger partial charge is 0.311 e. The Hall–Kier alpha value is -0.860. The molecule has 1 aliphatic rings. The van der Waals surface area contributed by atoms with Crippen molar-refractivity contribution in [3.8, 4) is 0 Å². The van der Waals surface area contributed by atoms with Crippen LogP contribution in [0.1, 0.15) is 25.0 Å². The van der Waals surface area contributed by atoms with E-state index >= 15 is 0 Å². The summed E-state index contributed by atoms with van der Waals surface area (Å²) in [5.41, 5.74) is 2.86. The van der Waals surface area contributed by atoms with E-state index in [0.29, 0.717) is 12.1 Å². The van der Waals surface area contributed by atoms with Crippen molar-refractivity contribution in [2.45, 2.75) is 38.8 Å². The molecule has 2 nitrogen and oxygen atoms in total. The number of nitrogens with one attached hydrogen (secondary N) is 2. The monoisotopic (exact) mass is 218 g/mol. The molecular weight excluding hydrogens is 196 g/mol. The van der Waals surface area contributed by atoms with E-state index in [9.17, 15) is 0 Å². The van der Waals surface area contributed by atoms with Crippen molar-refractivity contribution in [3.05, 3.63) is 35.4 Å². The van der Waals surface area contributed by atoms with Gasteiger partial charge in [0.05, 0.1) is 0 Å². The van der Waals surface area contributed by atoms with Crippen molar-refractivity contribution < 1.29 is 0 Å². The van der Waals surface area contributed by atoms with E-state index in [1.807, 2.05) is 0 Å². The van der Waals surface area contributed by atoms with Crippen LogP contribution in [0.15, 0.2) is 24.3 Å². The zero-order valence-corrected chi connectivity index (χ0v) is 10.3. The van der Waals surface area contributed by atoms with Crippen LogP contribution in [-0.2, 0) is 12.8 Å². The first-order valence-electron chi connectivity index (χ1n) is 6.34. The van der Waals surface area contributed by atoms with Gasteiger partial charge in [0.25, 0.3) is 0 Å². The van der Waals surface area contributed by atoms with E-state index < -0.39 is 0 Å². The molecule has 0 aliphatic carbocycles. The number of piperazine rings is 1. The Balaban J connectivity index is 1.96. The van der Waals surface area contributed by atoms with Crippen molar-refractivity contribution in [3.63, 3.8) is 0 Å². The van der Waals surface area contributed by atoms with Gasteiger partial charge < -0.3 is 10.6 Å². The Morgan fingerprint density at radius 3 is 2.31 bits per heavy atom. The molecule has 0 radical (unpaired) electrons. The average molecular weight is 218 g/mol. The minimum absolute atomic E-state index is 0.569. The average Bonchev–Trinajstić information content (AvgIpc) is 2.33. The van der Waals surface area contributed by atoms with Crippen LogP contribution in [0, 0.1) is 0 Å². The molecule has 1 aromatic carbocycles. The SMILES string of the molecule is CCc1ccc(CC2NCCNC2C)cc1. The quantitative estimate of drug-likeness (QED) is 0.807. The van der Waals surface area contributed by atoms with E-state index in [4.69, 9.17) is 0 Å². The van der Waals surface area contributed by atoms with Gasteiger partial charge in [-0.05, 0) is 30.9 Å². The van der Waals surface area contributed by atoms with Gasteiger partial charge in [-0.25, -0.2) is 0 Å². The third-order valence-electron chi connectivity index (χ3n) is 3.49. The van der Waals surface area contributed by atoms with E-state index in [0.717, 1.165) is 25.9 Å². The molecular formula is C14H22N2. The third kappa shape index (κ3) is 2.83. The summed E-state index contributed by atoms with van der Waals surface area (Å²) in [4.78, 5) is 0. The summed E-state index contributed by atoms with van der Waals surface area (Å²) in [6.07, 6.45) is 2.25. The molecule has 0 saturated carbocycles. The summed E-state index contributed by atoms with van der Waals surface area (Å²) in [6, 6.07) is 10.2. The molecule has 1 heterocycles. The van der Waals surface area contributed by atoms with Crippen molar-refractivity contribution >= 4 is 0 Å². The number of hydrogen-bond donors (Lipinski definition) is 2. The van der Waals surface area contributed by atoms with Crippen molar-refractivity contribution in [1.82, 2.24) is 10.6 Å². The van der Waals surface area contributed by atoms with Gasteiger partial charge in [0.2, 0.25) is 0 Å². The summed E-state index contributed by atoms with van der Waals surface area (Å²) < 4.78 is 0. The normalized spacial score (nSPS) is 25.6. The molecule has 0 amide bonds. The van der Waals surface area contributed by atoms with Crippen LogP contribution in [0.25, 0.3) is 0 Å². The van der Waals surface area contributed by atoms with Crippen molar-refractivity contribution in [2.24, 2.45) is 0 Å². The fourth-order valence-corrected chi connectivity index (χ4v) is 2.29. The lowest BCUT2D eigenvalue weighted by atomic mass is 9.98. The van der Waals surface area contributed by atoms with Crippen LogP contribution in [0.4, 0.5) is 0 Å². The predicted molar refractivity (Wildman–Crippen MR) is 68.8 cm³/mol. The first-order valence-corrected chi connectivity index (χ1v) is 6.34. The Bertz CT molecular complexity index is 318. The number of aryl methyl sites for hydroxylation is 1. The number of benzene rings is 1. The molecule has 2 heteroatoms. The highest BCUT2D eigenvalue weighted by Gasteiger charge is 2.19. The molecule has 1 aliphatic heterocycles. The lowest BCUT2D eigenvalue weighted by Crippen LogP contribution is -2.55. The smallest absolute Gasteiger partial charge is 0.0259 e. The summed E-state index contributed by atoms with van der Waals surface area (Å²) in [6.45, 7) is 6.63. The first kappa shape index (κ1) is 11.6. The van der Waals surface area contributed by atoms with Gasteiger partial charge in [0, 0.05) is 25.2 Å². The summed E-state index contributed by atoms with van der Waals surface area (Å²) in [5, 5.41) is 7.10. The van der Waals surface area contributed by atoms with Gasteiger partial charge in [-0.1, -0.05) is 31.2 Å². The molecule has 2 rings (SSSR count). The van der Waals surface area contributed by atoms with Crippen LogP contribution in [0.3, 0.4) is 0 Å². The molecule has 2 atom stereocenters. The maximum absolute atomic E-state index is 3.58. The van der Waals surface area contributed by atoms with Gasteiger partial charge >= 0.3 is 0 Å². The van der Waals surface area contributed by atoms with E-state index in [2.05, 4.69) is 48.7 Å². The van der Waals surface area contributed by atoms with E-state index in [-0.39, 0.29) is 0 Å². The topological polar surface area (TPSA) is 24.1 Å². The minimum Gasteiger partial charge on any atom is -0.311 e. The van der Waals surface area contributed by atoms with Crippen LogP contribution >= 0.6 is 0 Å². The second-order valence-electron chi connectivity index (χ2n) is 4.68. The number of rotatable bonds is 3. The minimum atomic E-state index is 0.569. The third-order valence-corrected chi connectivity index (χ3v) is 3.49. The Morgan fingerprint density at radius 2 is 1.69 bits per heavy atom. The van der Waals surface area contributed by atoms with E-state index in [1.165, 1.54) is 11.1 Å². The summed E-state index contributed by atoms with van der Waals surface area (Å²) >= 11 is 0. The summed E-state index contributed by atoms with van der Waals surface area (Å²) in [7, 11) is 0. The maximum Gasteiger partial charge on any atom is 0.0259 e. The molecule has 1 saturated heterocycles. The highest BCUT2D eigenvalue weighted by molar-refractivity contribution is 5.23. The zero-order valence-electron chi connectivity index (χ0n) is 10.3. The predicted octanol–water partition coefficient (Wildman–Crippen LogP) is 1.74. The molecule has 1 aromatic rings. The summed E-state index contributed by atoms with van der Waals surface area (Å²) in [5.74, 6) is 0. The van der Waals surface area contributed by atoms with Gasteiger partial charge in [-0.2, -0.15) is 0 Å². The molecule has 2 N–H and O–H groups in total. The van der Waals surface area contributed by atoms with Gasteiger partial charge in [-0.3, -0.25) is 0 Å². The van der Waals surface area contributed by atoms with Gasteiger partial charge in [0.1, 0.15) is 0 Å². The fraction of sp³-hybridized carbons (Fsp3) is 0.571. The van der Waals surface area contributed by atoms with Crippen LogP contribution in [0.2, 0.25) is 0 Å². The molecule has 16 heavy (non-hydrogen) atoms. The zero-order chi connectivity index (χ0) is 11.4. The van der Waals surface area contributed by atoms with Crippen molar-refractivity contribution in [1.29, 1.82) is 0 Å². The second kappa shape index (κ2) is 5.46. The molecule has 0 bridgehead atoms. The maximum atomic E-state index is 3.58. The lowest BCUT2D eigenvalue weighted by Gasteiger charge is -2.31. The molecule has 0 spiro atoms. The van der Waals surface area contributed by atoms with Crippen LogP contribution in [-0.4, -0.2) is 25.2 Å². The molecule has 2 unspecified atom stereocenters. The lowest BCUT2D eigenvalue weighted by molar-refractivity contribution is 0.337. The Labute approximate surface area is 98.4 Å². The fourth-order valence-electron chi connectivity index (χ4n) is 2.29. The van der Waals surface area contributed by atoms with E-state index in [1.54, 1.807) is 0 Å². The van der Waals surface area contributed by atoms with Gasteiger partial charge in [-0.15, -0.1) is 0 Å². The van der Waals surface area contributed by atoms with Crippen LogP contribution in [0.5, 0.6) is 0 Å². The highest BCUT2D eigenvalue weighted by Crippen LogP contribution is 2.10. The molecule has 1 fully saturated rings. The molecule has 0 aromatic heterocycles. The highest BCUT2D eigenvalue weighted by atomic mass is 15.1. The van der Waals surface area contributed by atoms with Crippen LogP contribution < -0.4 is 10.6 Å². The molecule has 88 valence electrons. The first-order chi connectivity index (χ1) is 7.79. The Kier molecular flexibility index (Phi) is 3.97. The van der Waals surface area contributed by atoms with Crippen molar-refractivity contribution in [2.75, 3.05) is 13.1 Å².